The summed E-state index contributed by atoms with van der Waals surface area (Å²) in [6.45, 7) is 7.56. The van der Waals surface area contributed by atoms with Crippen molar-refractivity contribution < 1.29 is 4.79 Å². The molecule has 1 fully saturated rings. The molecule has 0 saturated carbocycles. The van der Waals surface area contributed by atoms with Crippen molar-refractivity contribution in [2.24, 2.45) is 5.73 Å². The zero-order valence-corrected chi connectivity index (χ0v) is 8.58. The normalized spacial score (nSPS) is 31.5. The molecule has 1 rings (SSSR count). The minimum absolute atomic E-state index is 0.0569. The Morgan fingerprint density at radius 3 is 2.31 bits per heavy atom. The monoisotopic (exact) mass is 185 g/mol. The minimum atomic E-state index is -0.386. The van der Waals surface area contributed by atoms with Gasteiger partial charge < -0.3 is 16.0 Å². The first-order valence-corrected chi connectivity index (χ1v) is 4.82. The van der Waals surface area contributed by atoms with Crippen LogP contribution in [0, 0.1) is 0 Å². The fraction of sp³-hybridized carbons (Fsp3) is 0.889. The van der Waals surface area contributed by atoms with E-state index in [0.717, 1.165) is 13.1 Å². The molecule has 4 nitrogen and oxygen atoms in total. The lowest BCUT2D eigenvalue weighted by atomic mass is 10.1. The van der Waals surface area contributed by atoms with Crippen LogP contribution in [-0.4, -0.2) is 42.0 Å². The molecule has 0 bridgehead atoms. The molecular weight excluding hydrogens is 166 g/mol. The van der Waals surface area contributed by atoms with Crippen LogP contribution >= 0.6 is 0 Å². The summed E-state index contributed by atoms with van der Waals surface area (Å²) in [5.41, 5.74) is 5.58. The van der Waals surface area contributed by atoms with E-state index in [1.807, 2.05) is 18.7 Å². The molecule has 0 aromatic rings. The Labute approximate surface area is 79.5 Å². The molecule has 1 heterocycles. The summed E-state index contributed by atoms with van der Waals surface area (Å²) in [5.74, 6) is 0.0569. The summed E-state index contributed by atoms with van der Waals surface area (Å²) in [6, 6.07) is 0.118. The lowest BCUT2D eigenvalue weighted by Crippen LogP contribution is -2.60. The van der Waals surface area contributed by atoms with Gasteiger partial charge in [0.05, 0.1) is 6.04 Å². The van der Waals surface area contributed by atoms with Crippen LogP contribution in [0.25, 0.3) is 0 Å². The quantitative estimate of drug-likeness (QED) is 0.581. The fourth-order valence-electron chi connectivity index (χ4n) is 1.80. The van der Waals surface area contributed by atoms with E-state index in [1.165, 1.54) is 0 Å². The van der Waals surface area contributed by atoms with Crippen LogP contribution in [0.5, 0.6) is 0 Å². The summed E-state index contributed by atoms with van der Waals surface area (Å²) < 4.78 is 0. The second kappa shape index (κ2) is 4.07. The largest absolute Gasteiger partial charge is 0.333 e. The first kappa shape index (κ1) is 10.5. The van der Waals surface area contributed by atoms with Gasteiger partial charge in [0, 0.05) is 25.2 Å². The van der Waals surface area contributed by atoms with Crippen molar-refractivity contribution in [1.29, 1.82) is 0 Å². The van der Waals surface area contributed by atoms with E-state index >= 15 is 0 Å². The molecular formula is C9H19N3O. The van der Waals surface area contributed by atoms with Crippen LogP contribution in [0.4, 0.5) is 0 Å². The summed E-state index contributed by atoms with van der Waals surface area (Å²) in [5, 5.41) is 3.27. The van der Waals surface area contributed by atoms with Gasteiger partial charge in [-0.05, 0) is 20.8 Å². The third-order valence-corrected chi connectivity index (χ3v) is 2.47. The molecule has 0 aliphatic carbocycles. The highest BCUT2D eigenvalue weighted by molar-refractivity contribution is 5.81. The van der Waals surface area contributed by atoms with Crippen LogP contribution in [0.1, 0.15) is 20.8 Å². The van der Waals surface area contributed by atoms with Crippen molar-refractivity contribution in [1.82, 2.24) is 10.2 Å². The minimum Gasteiger partial charge on any atom is -0.333 e. The van der Waals surface area contributed by atoms with E-state index in [9.17, 15) is 4.79 Å². The molecule has 4 heteroatoms. The maximum Gasteiger partial charge on any atom is 0.239 e. The van der Waals surface area contributed by atoms with Gasteiger partial charge in [-0.1, -0.05) is 0 Å². The summed E-state index contributed by atoms with van der Waals surface area (Å²) in [7, 11) is 0. The maximum atomic E-state index is 11.7. The molecule has 1 aliphatic rings. The van der Waals surface area contributed by atoms with E-state index in [4.69, 9.17) is 5.73 Å². The van der Waals surface area contributed by atoms with Crippen molar-refractivity contribution in [3.8, 4) is 0 Å². The lowest BCUT2D eigenvalue weighted by molar-refractivity contribution is -0.137. The van der Waals surface area contributed by atoms with Gasteiger partial charge in [-0.25, -0.2) is 0 Å². The number of piperazine rings is 1. The van der Waals surface area contributed by atoms with Gasteiger partial charge in [0.25, 0.3) is 0 Å². The third-order valence-electron chi connectivity index (χ3n) is 2.47. The van der Waals surface area contributed by atoms with Crippen LogP contribution in [0.2, 0.25) is 0 Å². The Balaban J connectivity index is 2.68. The van der Waals surface area contributed by atoms with Gasteiger partial charge in [0.15, 0.2) is 0 Å². The lowest BCUT2D eigenvalue weighted by Gasteiger charge is -2.40. The molecule has 76 valence electrons. The van der Waals surface area contributed by atoms with Crippen LogP contribution in [0.3, 0.4) is 0 Å². The van der Waals surface area contributed by atoms with Gasteiger partial charge in [-0.15, -0.1) is 0 Å². The van der Waals surface area contributed by atoms with Gasteiger partial charge in [0.2, 0.25) is 5.91 Å². The Bertz CT molecular complexity index is 183. The number of nitrogens with one attached hydrogen (secondary N) is 1. The summed E-state index contributed by atoms with van der Waals surface area (Å²) in [6.07, 6.45) is 0. The zero-order valence-electron chi connectivity index (χ0n) is 8.58. The van der Waals surface area contributed by atoms with E-state index < -0.39 is 0 Å². The van der Waals surface area contributed by atoms with E-state index in [-0.39, 0.29) is 24.0 Å². The van der Waals surface area contributed by atoms with Crippen molar-refractivity contribution in [2.45, 2.75) is 38.9 Å². The van der Waals surface area contributed by atoms with Crippen LogP contribution in [0.15, 0.2) is 0 Å². The first-order valence-electron chi connectivity index (χ1n) is 4.82. The van der Waals surface area contributed by atoms with Crippen molar-refractivity contribution >= 4 is 5.91 Å². The smallest absolute Gasteiger partial charge is 0.239 e. The number of hydrogen-bond acceptors (Lipinski definition) is 3. The van der Waals surface area contributed by atoms with Gasteiger partial charge in [-0.2, -0.15) is 0 Å². The highest BCUT2D eigenvalue weighted by Crippen LogP contribution is 2.10. The molecule has 3 atom stereocenters. The topological polar surface area (TPSA) is 58.4 Å². The summed E-state index contributed by atoms with van der Waals surface area (Å²) in [4.78, 5) is 13.6. The number of nitrogens with zero attached hydrogens (tertiary/aromatic N) is 1. The fourth-order valence-corrected chi connectivity index (χ4v) is 1.80. The highest BCUT2D eigenvalue weighted by atomic mass is 16.2. The SMILES string of the molecule is CC(N)C(=O)N1C(C)CNCC1C. The number of amides is 1. The predicted octanol–water partition coefficient (Wildman–Crippen LogP) is -0.458. The maximum absolute atomic E-state index is 11.7. The Morgan fingerprint density at radius 1 is 1.46 bits per heavy atom. The Kier molecular flexibility index (Phi) is 3.27. The second-order valence-electron chi connectivity index (χ2n) is 3.89. The molecule has 0 aromatic heterocycles. The molecule has 1 saturated heterocycles. The number of hydrogen-bond donors (Lipinski definition) is 2. The Hall–Kier alpha value is -0.610. The molecule has 3 N–H and O–H groups in total. The van der Waals surface area contributed by atoms with E-state index in [0.29, 0.717) is 0 Å². The number of carbonyl (C=O) groups excluding carboxylic acids is 1. The van der Waals surface area contributed by atoms with Gasteiger partial charge in [0.1, 0.15) is 0 Å². The third kappa shape index (κ3) is 2.19. The molecule has 13 heavy (non-hydrogen) atoms. The molecule has 1 amide bonds. The summed E-state index contributed by atoms with van der Waals surface area (Å²) >= 11 is 0. The molecule has 0 aromatic carbocycles. The number of carbonyl (C=O) groups is 1. The molecule has 1 aliphatic heterocycles. The predicted molar refractivity (Wildman–Crippen MR) is 52.3 cm³/mol. The van der Waals surface area contributed by atoms with E-state index in [2.05, 4.69) is 5.32 Å². The second-order valence-corrected chi connectivity index (χ2v) is 3.89. The number of nitrogens with two attached hydrogens (primary N) is 1. The molecule has 0 radical (unpaired) electrons. The zero-order chi connectivity index (χ0) is 10.0. The van der Waals surface area contributed by atoms with Crippen molar-refractivity contribution in [3.63, 3.8) is 0 Å². The van der Waals surface area contributed by atoms with Gasteiger partial charge >= 0.3 is 0 Å². The van der Waals surface area contributed by atoms with E-state index in [1.54, 1.807) is 6.92 Å². The molecule has 0 spiro atoms. The average molecular weight is 185 g/mol. The molecule has 3 unspecified atom stereocenters. The standard InChI is InChI=1S/C9H19N3O/c1-6-4-11-5-7(2)12(6)9(13)8(3)10/h6-8,11H,4-5,10H2,1-3H3. The van der Waals surface area contributed by atoms with Crippen molar-refractivity contribution in [3.05, 3.63) is 0 Å². The Morgan fingerprint density at radius 2 is 1.92 bits per heavy atom. The highest BCUT2D eigenvalue weighted by Gasteiger charge is 2.29. The van der Waals surface area contributed by atoms with Crippen LogP contribution in [-0.2, 0) is 4.79 Å². The number of rotatable bonds is 1. The van der Waals surface area contributed by atoms with Gasteiger partial charge in [-0.3, -0.25) is 4.79 Å². The first-order chi connectivity index (χ1) is 6.04. The van der Waals surface area contributed by atoms with Crippen molar-refractivity contribution in [2.75, 3.05) is 13.1 Å². The average Bonchev–Trinajstić information content (AvgIpc) is 2.03. The van der Waals surface area contributed by atoms with Crippen LogP contribution < -0.4 is 11.1 Å².